The van der Waals surface area contributed by atoms with Gasteiger partial charge >= 0.3 is 0 Å². The summed E-state index contributed by atoms with van der Waals surface area (Å²) in [4.78, 5) is 15.4. The summed E-state index contributed by atoms with van der Waals surface area (Å²) in [6.07, 6.45) is 1.73. The van der Waals surface area contributed by atoms with Gasteiger partial charge in [0.1, 0.15) is 5.82 Å². The maximum absolute atomic E-state index is 9.00. The number of pyridine rings is 1. The maximum atomic E-state index is 9.00. The number of hydrogen-bond donors (Lipinski definition) is 1. The Balaban J connectivity index is 0.000000317. The molecular formula is C11H15ClN2O3. The zero-order valence-electron chi connectivity index (χ0n) is 9.60. The van der Waals surface area contributed by atoms with Crippen molar-refractivity contribution in [3.05, 3.63) is 23.4 Å². The van der Waals surface area contributed by atoms with Crippen LogP contribution < -0.4 is 4.90 Å². The van der Waals surface area contributed by atoms with Crippen LogP contribution in [0.5, 0.6) is 0 Å². The van der Waals surface area contributed by atoms with Gasteiger partial charge in [-0.3, -0.25) is 4.79 Å². The summed E-state index contributed by atoms with van der Waals surface area (Å²) in [6.45, 7) is 4.42. The molecule has 1 N–H and O–H groups in total. The number of hydrogen-bond acceptors (Lipinski definition) is 4. The van der Waals surface area contributed by atoms with E-state index in [4.69, 9.17) is 26.2 Å². The topological polar surface area (TPSA) is 62.7 Å². The molecule has 1 fully saturated rings. The van der Waals surface area contributed by atoms with Gasteiger partial charge < -0.3 is 14.7 Å². The van der Waals surface area contributed by atoms with Crippen LogP contribution in [0.25, 0.3) is 0 Å². The molecule has 6 heteroatoms. The van der Waals surface area contributed by atoms with E-state index in [-0.39, 0.29) is 0 Å². The summed E-state index contributed by atoms with van der Waals surface area (Å²) in [5.74, 6) is 0.107. The first-order valence-corrected chi connectivity index (χ1v) is 5.61. The highest BCUT2D eigenvalue weighted by Gasteiger charge is 2.11. The molecule has 0 amide bonds. The summed E-state index contributed by atoms with van der Waals surface area (Å²) in [5.41, 5.74) is 0. The number of aliphatic carboxylic acids is 1. The van der Waals surface area contributed by atoms with Gasteiger partial charge in [0.25, 0.3) is 5.97 Å². The minimum absolute atomic E-state index is 0.733. The van der Waals surface area contributed by atoms with E-state index in [0.717, 1.165) is 44.1 Å². The van der Waals surface area contributed by atoms with E-state index < -0.39 is 5.97 Å². The minimum atomic E-state index is -0.833. The first kappa shape index (κ1) is 13.7. The molecule has 0 saturated carbocycles. The lowest BCUT2D eigenvalue weighted by Crippen LogP contribution is -2.36. The van der Waals surface area contributed by atoms with Crippen LogP contribution in [0.15, 0.2) is 18.3 Å². The molecule has 1 aliphatic heterocycles. The average Bonchev–Trinajstić information content (AvgIpc) is 2.29. The van der Waals surface area contributed by atoms with Gasteiger partial charge in [-0.25, -0.2) is 4.98 Å². The van der Waals surface area contributed by atoms with Crippen molar-refractivity contribution in [1.29, 1.82) is 0 Å². The van der Waals surface area contributed by atoms with E-state index in [1.54, 1.807) is 12.3 Å². The molecule has 1 saturated heterocycles. The molecular weight excluding hydrogens is 244 g/mol. The second-order valence-electron chi connectivity index (χ2n) is 3.45. The third-order valence-electron chi connectivity index (χ3n) is 2.04. The van der Waals surface area contributed by atoms with Crippen molar-refractivity contribution in [2.75, 3.05) is 31.2 Å². The zero-order chi connectivity index (χ0) is 12.7. The van der Waals surface area contributed by atoms with E-state index in [1.807, 2.05) is 6.07 Å². The van der Waals surface area contributed by atoms with Crippen molar-refractivity contribution < 1.29 is 14.6 Å². The molecule has 0 spiro atoms. The fraction of sp³-hybridized carbons (Fsp3) is 0.455. The quantitative estimate of drug-likeness (QED) is 0.830. The van der Waals surface area contributed by atoms with Crippen LogP contribution in [-0.4, -0.2) is 42.4 Å². The minimum Gasteiger partial charge on any atom is -0.481 e. The van der Waals surface area contributed by atoms with Crippen molar-refractivity contribution in [2.24, 2.45) is 0 Å². The van der Waals surface area contributed by atoms with Crippen LogP contribution in [0, 0.1) is 0 Å². The van der Waals surface area contributed by atoms with Crippen molar-refractivity contribution >= 4 is 23.4 Å². The molecule has 1 aliphatic rings. The van der Waals surface area contributed by atoms with Gasteiger partial charge in [0.15, 0.2) is 0 Å². The number of nitrogens with zero attached hydrogens (tertiary/aromatic N) is 2. The van der Waals surface area contributed by atoms with Crippen LogP contribution in [-0.2, 0) is 9.53 Å². The highest BCUT2D eigenvalue weighted by atomic mass is 35.5. The third-order valence-corrected chi connectivity index (χ3v) is 2.28. The number of anilines is 1. The van der Waals surface area contributed by atoms with Crippen molar-refractivity contribution in [1.82, 2.24) is 4.98 Å². The Labute approximate surface area is 105 Å². The predicted octanol–water partition coefficient (Wildman–Crippen LogP) is 1.66. The third kappa shape index (κ3) is 5.51. The van der Waals surface area contributed by atoms with Gasteiger partial charge in [-0.1, -0.05) is 11.6 Å². The Hall–Kier alpha value is -1.33. The van der Waals surface area contributed by atoms with Gasteiger partial charge in [-0.05, 0) is 12.1 Å². The number of carboxylic acids is 1. The molecule has 1 aromatic rings. The normalized spacial score (nSPS) is 14.8. The molecule has 0 radical (unpaired) electrons. The first-order chi connectivity index (χ1) is 8.09. The SMILES string of the molecule is CC(=O)O.Clc1ccnc(N2CCOCC2)c1. The fourth-order valence-electron chi connectivity index (χ4n) is 1.36. The Morgan fingerprint density at radius 1 is 1.53 bits per heavy atom. The number of carbonyl (C=O) groups is 1. The summed E-state index contributed by atoms with van der Waals surface area (Å²) < 4.78 is 5.25. The second kappa shape index (κ2) is 7.09. The smallest absolute Gasteiger partial charge is 0.300 e. The lowest BCUT2D eigenvalue weighted by Gasteiger charge is -2.27. The highest BCUT2D eigenvalue weighted by molar-refractivity contribution is 6.30. The molecule has 1 aromatic heterocycles. The Morgan fingerprint density at radius 3 is 2.65 bits per heavy atom. The maximum Gasteiger partial charge on any atom is 0.300 e. The Kier molecular flexibility index (Phi) is 5.72. The van der Waals surface area contributed by atoms with Crippen LogP contribution in [0.3, 0.4) is 0 Å². The van der Waals surface area contributed by atoms with E-state index in [9.17, 15) is 0 Å². The molecule has 2 heterocycles. The molecule has 17 heavy (non-hydrogen) atoms. The number of halogens is 1. The van der Waals surface area contributed by atoms with E-state index in [0.29, 0.717) is 0 Å². The van der Waals surface area contributed by atoms with Crippen LogP contribution in [0.1, 0.15) is 6.92 Å². The summed E-state index contributed by atoms with van der Waals surface area (Å²) in [7, 11) is 0. The van der Waals surface area contributed by atoms with Crippen molar-refractivity contribution in [3.8, 4) is 0 Å². The number of ether oxygens (including phenoxy) is 1. The molecule has 94 valence electrons. The van der Waals surface area contributed by atoms with E-state index >= 15 is 0 Å². The number of rotatable bonds is 1. The van der Waals surface area contributed by atoms with E-state index in [2.05, 4.69) is 9.88 Å². The summed E-state index contributed by atoms with van der Waals surface area (Å²) >= 11 is 5.87. The standard InChI is InChI=1S/C9H11ClN2O.C2H4O2/c10-8-1-2-11-9(7-8)12-3-5-13-6-4-12;1-2(3)4/h1-2,7H,3-6H2;1H3,(H,3,4). The van der Waals surface area contributed by atoms with Gasteiger partial charge in [-0.2, -0.15) is 0 Å². The second-order valence-corrected chi connectivity index (χ2v) is 3.89. The Morgan fingerprint density at radius 2 is 2.12 bits per heavy atom. The lowest BCUT2D eigenvalue weighted by molar-refractivity contribution is -0.134. The number of aromatic nitrogens is 1. The zero-order valence-corrected chi connectivity index (χ0v) is 10.4. The molecule has 0 unspecified atom stereocenters. The largest absolute Gasteiger partial charge is 0.481 e. The highest BCUT2D eigenvalue weighted by Crippen LogP contribution is 2.16. The molecule has 0 aliphatic carbocycles. The molecule has 2 rings (SSSR count). The Bertz CT molecular complexity index is 363. The van der Waals surface area contributed by atoms with Crippen molar-refractivity contribution in [3.63, 3.8) is 0 Å². The van der Waals surface area contributed by atoms with Gasteiger partial charge in [0.2, 0.25) is 0 Å². The number of carboxylic acid groups (broad SMARTS) is 1. The number of morpholine rings is 1. The molecule has 0 aromatic carbocycles. The average molecular weight is 259 g/mol. The molecule has 0 bridgehead atoms. The van der Waals surface area contributed by atoms with Crippen LogP contribution in [0.2, 0.25) is 5.02 Å². The first-order valence-electron chi connectivity index (χ1n) is 5.23. The van der Waals surface area contributed by atoms with Gasteiger partial charge in [0, 0.05) is 31.2 Å². The van der Waals surface area contributed by atoms with E-state index in [1.165, 1.54) is 0 Å². The monoisotopic (exact) mass is 258 g/mol. The molecule has 0 atom stereocenters. The van der Waals surface area contributed by atoms with Crippen LogP contribution >= 0.6 is 11.6 Å². The van der Waals surface area contributed by atoms with Gasteiger partial charge in [0.05, 0.1) is 13.2 Å². The van der Waals surface area contributed by atoms with Crippen molar-refractivity contribution in [2.45, 2.75) is 6.92 Å². The van der Waals surface area contributed by atoms with Crippen LogP contribution in [0.4, 0.5) is 5.82 Å². The summed E-state index contributed by atoms with van der Waals surface area (Å²) in [5, 5.41) is 8.15. The molecule has 5 nitrogen and oxygen atoms in total. The van der Waals surface area contributed by atoms with Gasteiger partial charge in [-0.15, -0.1) is 0 Å². The predicted molar refractivity (Wildman–Crippen MR) is 65.6 cm³/mol. The summed E-state index contributed by atoms with van der Waals surface area (Å²) in [6, 6.07) is 3.67. The lowest BCUT2D eigenvalue weighted by atomic mass is 10.4. The fourth-order valence-corrected chi connectivity index (χ4v) is 1.51.